The van der Waals surface area contributed by atoms with Gasteiger partial charge >= 0.3 is 0 Å². The van der Waals surface area contributed by atoms with Gasteiger partial charge in [0.15, 0.2) is 5.96 Å². The van der Waals surface area contributed by atoms with Crippen molar-refractivity contribution in [2.75, 3.05) is 56.6 Å². The number of hydrogen-bond acceptors (Lipinski definition) is 4. The number of benzene rings is 2. The van der Waals surface area contributed by atoms with Crippen molar-refractivity contribution < 1.29 is 9.13 Å². The lowest BCUT2D eigenvalue weighted by Gasteiger charge is -2.35. The summed E-state index contributed by atoms with van der Waals surface area (Å²) in [6.07, 6.45) is 0. The van der Waals surface area contributed by atoms with Crippen LogP contribution in [-0.4, -0.2) is 57.2 Å². The van der Waals surface area contributed by atoms with Crippen LogP contribution in [0.15, 0.2) is 47.5 Å². The van der Waals surface area contributed by atoms with Crippen molar-refractivity contribution in [3.05, 3.63) is 53.3 Å². The monoisotopic (exact) mass is 533 g/mol. The standard InChI is InChI=1S/C20H25ClFN5O.HI/c1-28-19-7-4-16(14-18(19)21)25-20(23)24-8-9-26-10-12-27(13-11-26)17-5-2-15(22)3-6-17;/h2-7,14H,8-13H2,1H3,(H3,23,24,25);1H. The normalized spacial score (nSPS) is 15.0. The van der Waals surface area contributed by atoms with E-state index in [4.69, 9.17) is 22.1 Å². The molecular weight excluding hydrogens is 508 g/mol. The van der Waals surface area contributed by atoms with E-state index in [0.29, 0.717) is 23.3 Å². The molecule has 0 atom stereocenters. The molecular formula is C20H26ClFIN5O. The van der Waals surface area contributed by atoms with E-state index >= 15 is 0 Å². The molecule has 0 unspecified atom stereocenters. The maximum atomic E-state index is 13.0. The third-order valence-electron chi connectivity index (χ3n) is 4.69. The molecule has 0 aromatic heterocycles. The van der Waals surface area contributed by atoms with E-state index in [1.54, 1.807) is 19.2 Å². The van der Waals surface area contributed by atoms with Gasteiger partial charge in [-0.15, -0.1) is 24.0 Å². The van der Waals surface area contributed by atoms with Crippen LogP contribution in [0.4, 0.5) is 15.8 Å². The number of nitrogens with zero attached hydrogens (tertiary/aromatic N) is 3. The number of nitrogens with two attached hydrogens (primary N) is 1. The second-order valence-corrected chi connectivity index (χ2v) is 6.95. The number of rotatable bonds is 6. The summed E-state index contributed by atoms with van der Waals surface area (Å²) in [5.74, 6) is 0.761. The largest absolute Gasteiger partial charge is 0.495 e. The Hall–Kier alpha value is -1.78. The molecule has 0 amide bonds. The maximum Gasteiger partial charge on any atom is 0.193 e. The van der Waals surface area contributed by atoms with Gasteiger partial charge in [0.05, 0.1) is 18.7 Å². The zero-order chi connectivity index (χ0) is 19.9. The molecule has 2 aromatic carbocycles. The summed E-state index contributed by atoms with van der Waals surface area (Å²) in [5.41, 5.74) is 7.78. The molecule has 1 aliphatic rings. The fourth-order valence-electron chi connectivity index (χ4n) is 3.13. The minimum absolute atomic E-state index is 0. The molecule has 1 heterocycles. The van der Waals surface area contributed by atoms with Crippen LogP contribution in [0, 0.1) is 5.82 Å². The Kier molecular flexibility index (Phi) is 9.25. The van der Waals surface area contributed by atoms with Gasteiger partial charge in [-0.2, -0.15) is 0 Å². The number of methoxy groups -OCH3 is 1. The van der Waals surface area contributed by atoms with E-state index in [1.165, 1.54) is 12.1 Å². The van der Waals surface area contributed by atoms with Crippen LogP contribution in [0.25, 0.3) is 0 Å². The van der Waals surface area contributed by atoms with Crippen LogP contribution < -0.4 is 20.7 Å². The molecule has 0 spiro atoms. The van der Waals surface area contributed by atoms with E-state index in [1.807, 2.05) is 18.2 Å². The van der Waals surface area contributed by atoms with Gasteiger partial charge in [-0.05, 0) is 42.5 Å². The summed E-state index contributed by atoms with van der Waals surface area (Å²) in [5, 5.41) is 3.55. The van der Waals surface area contributed by atoms with Crippen molar-refractivity contribution >= 4 is 52.9 Å². The molecule has 158 valence electrons. The van der Waals surface area contributed by atoms with Gasteiger partial charge in [0.1, 0.15) is 11.6 Å². The first-order valence-corrected chi connectivity index (χ1v) is 9.56. The predicted molar refractivity (Wildman–Crippen MR) is 129 cm³/mol. The minimum atomic E-state index is -0.205. The first kappa shape index (κ1) is 23.5. The van der Waals surface area contributed by atoms with Crippen LogP contribution in [0.2, 0.25) is 5.02 Å². The molecule has 1 aliphatic heterocycles. The molecule has 6 nitrogen and oxygen atoms in total. The quantitative estimate of drug-likeness (QED) is 0.337. The second-order valence-electron chi connectivity index (χ2n) is 6.55. The number of halogens is 3. The molecule has 2 aromatic rings. The van der Waals surface area contributed by atoms with E-state index < -0.39 is 0 Å². The van der Waals surface area contributed by atoms with E-state index in [-0.39, 0.29) is 29.8 Å². The third kappa shape index (κ3) is 6.90. The van der Waals surface area contributed by atoms with E-state index in [9.17, 15) is 4.39 Å². The van der Waals surface area contributed by atoms with Gasteiger partial charge in [0.2, 0.25) is 0 Å². The van der Waals surface area contributed by atoms with Crippen LogP contribution >= 0.6 is 35.6 Å². The molecule has 0 aliphatic carbocycles. The number of piperazine rings is 1. The smallest absolute Gasteiger partial charge is 0.193 e. The summed E-state index contributed by atoms with van der Waals surface area (Å²) >= 11 is 6.11. The Bertz CT molecular complexity index is 813. The molecule has 0 radical (unpaired) electrons. The number of nitrogens with one attached hydrogen (secondary N) is 1. The Labute approximate surface area is 192 Å². The van der Waals surface area contributed by atoms with Crippen molar-refractivity contribution in [3.8, 4) is 5.75 Å². The molecule has 3 rings (SSSR count). The van der Waals surface area contributed by atoms with Crippen LogP contribution in [0.1, 0.15) is 0 Å². The third-order valence-corrected chi connectivity index (χ3v) is 4.98. The maximum absolute atomic E-state index is 13.0. The molecule has 0 saturated carbocycles. The highest BCUT2D eigenvalue weighted by atomic mass is 127. The fourth-order valence-corrected chi connectivity index (χ4v) is 3.38. The summed E-state index contributed by atoms with van der Waals surface area (Å²) in [7, 11) is 1.57. The molecule has 1 saturated heterocycles. The zero-order valence-corrected chi connectivity index (χ0v) is 19.4. The Morgan fingerprint density at radius 2 is 1.86 bits per heavy atom. The molecule has 0 bridgehead atoms. The van der Waals surface area contributed by atoms with Gasteiger partial charge in [-0.25, -0.2) is 4.39 Å². The van der Waals surface area contributed by atoms with Gasteiger partial charge in [0.25, 0.3) is 0 Å². The topological polar surface area (TPSA) is 66.1 Å². The molecule has 29 heavy (non-hydrogen) atoms. The highest BCUT2D eigenvalue weighted by Crippen LogP contribution is 2.27. The summed E-state index contributed by atoms with van der Waals surface area (Å²) in [6.45, 7) is 5.14. The first-order chi connectivity index (χ1) is 13.5. The van der Waals surface area contributed by atoms with Gasteiger partial charge in [-0.3, -0.25) is 9.89 Å². The molecule has 3 N–H and O–H groups in total. The highest BCUT2D eigenvalue weighted by molar-refractivity contribution is 14.0. The zero-order valence-electron chi connectivity index (χ0n) is 16.3. The van der Waals surface area contributed by atoms with Gasteiger partial charge < -0.3 is 20.7 Å². The summed E-state index contributed by atoms with van der Waals surface area (Å²) in [6, 6.07) is 12.0. The number of guanidine groups is 1. The average Bonchev–Trinajstić information content (AvgIpc) is 2.69. The summed E-state index contributed by atoms with van der Waals surface area (Å²) < 4.78 is 18.2. The lowest BCUT2D eigenvalue weighted by atomic mass is 10.2. The summed E-state index contributed by atoms with van der Waals surface area (Å²) in [4.78, 5) is 9.00. The highest BCUT2D eigenvalue weighted by Gasteiger charge is 2.16. The second kappa shape index (κ2) is 11.4. The van der Waals surface area contributed by atoms with Crippen molar-refractivity contribution in [3.63, 3.8) is 0 Å². The number of hydrogen-bond donors (Lipinski definition) is 2. The first-order valence-electron chi connectivity index (χ1n) is 9.18. The van der Waals surface area contributed by atoms with Crippen LogP contribution in [0.5, 0.6) is 5.75 Å². The van der Waals surface area contributed by atoms with E-state index in [2.05, 4.69) is 20.1 Å². The van der Waals surface area contributed by atoms with Gasteiger partial charge in [-0.1, -0.05) is 11.6 Å². The molecule has 9 heteroatoms. The average molecular weight is 534 g/mol. The lowest BCUT2D eigenvalue weighted by Crippen LogP contribution is -2.47. The lowest BCUT2D eigenvalue weighted by molar-refractivity contribution is 0.265. The Morgan fingerprint density at radius 3 is 2.48 bits per heavy atom. The van der Waals surface area contributed by atoms with Crippen molar-refractivity contribution in [1.29, 1.82) is 0 Å². The Balaban J connectivity index is 0.00000300. The number of anilines is 2. The van der Waals surface area contributed by atoms with E-state index in [0.717, 1.165) is 44.1 Å². The van der Waals surface area contributed by atoms with Gasteiger partial charge in [0, 0.05) is 44.1 Å². The SMILES string of the molecule is COc1ccc(NC(N)=NCCN2CCN(c3ccc(F)cc3)CC2)cc1Cl.I. The fraction of sp³-hybridized carbons (Fsp3) is 0.350. The van der Waals surface area contributed by atoms with Crippen LogP contribution in [-0.2, 0) is 0 Å². The number of ether oxygens (including phenoxy) is 1. The van der Waals surface area contributed by atoms with Crippen molar-refractivity contribution in [2.45, 2.75) is 0 Å². The van der Waals surface area contributed by atoms with Crippen molar-refractivity contribution in [2.24, 2.45) is 10.7 Å². The van der Waals surface area contributed by atoms with Crippen molar-refractivity contribution in [1.82, 2.24) is 4.90 Å². The minimum Gasteiger partial charge on any atom is -0.495 e. The predicted octanol–water partition coefficient (Wildman–Crippen LogP) is 3.65. The number of aliphatic imine (C=N–C) groups is 1. The Morgan fingerprint density at radius 1 is 1.17 bits per heavy atom. The molecule has 1 fully saturated rings. The van der Waals surface area contributed by atoms with Crippen LogP contribution in [0.3, 0.4) is 0 Å².